The molecule has 148 valence electrons. The van der Waals surface area contributed by atoms with Gasteiger partial charge in [0.15, 0.2) is 11.5 Å². The fourth-order valence-corrected chi connectivity index (χ4v) is 4.64. The number of rotatable bonds is 5. The maximum Gasteiger partial charge on any atom is 0.234 e. The first-order chi connectivity index (χ1) is 13.2. The molecule has 4 rings (SSSR count). The van der Waals surface area contributed by atoms with Crippen LogP contribution in [0.5, 0.6) is 11.5 Å². The SMILES string of the molecule is O=C(CN1CCC(CO)CC1)NC1(c2ccc3c(c2)OCCO3)CCCC1. The van der Waals surface area contributed by atoms with Crippen LogP contribution >= 0.6 is 0 Å². The van der Waals surface area contributed by atoms with Gasteiger partial charge in [0.2, 0.25) is 5.91 Å². The molecule has 0 atom stereocenters. The molecule has 1 amide bonds. The number of piperidine rings is 1. The lowest BCUT2D eigenvalue weighted by molar-refractivity contribution is -0.124. The lowest BCUT2D eigenvalue weighted by Crippen LogP contribution is -2.49. The van der Waals surface area contributed by atoms with Crippen molar-refractivity contribution in [3.63, 3.8) is 0 Å². The standard InChI is InChI=1S/C21H30N2O4/c24-15-16-5-9-23(10-6-16)14-20(25)22-21(7-1-2-8-21)17-3-4-18-19(13-17)27-12-11-26-18/h3-4,13,16,24H,1-2,5-12,14-15H2,(H,22,25). The van der Waals surface area contributed by atoms with Crippen LogP contribution in [-0.2, 0) is 10.3 Å². The lowest BCUT2D eigenvalue weighted by atomic mass is 9.87. The Morgan fingerprint density at radius 1 is 1.15 bits per heavy atom. The number of ether oxygens (including phenoxy) is 2. The summed E-state index contributed by atoms with van der Waals surface area (Å²) in [7, 11) is 0. The van der Waals surface area contributed by atoms with Gasteiger partial charge >= 0.3 is 0 Å². The second kappa shape index (κ2) is 8.07. The summed E-state index contributed by atoms with van der Waals surface area (Å²) in [4.78, 5) is 15.0. The van der Waals surface area contributed by atoms with Crippen molar-refractivity contribution >= 4 is 5.91 Å². The molecule has 1 saturated carbocycles. The third-order valence-electron chi connectivity index (χ3n) is 6.26. The highest BCUT2D eigenvalue weighted by molar-refractivity contribution is 5.79. The van der Waals surface area contributed by atoms with Crippen molar-refractivity contribution in [2.24, 2.45) is 5.92 Å². The van der Waals surface area contributed by atoms with Gasteiger partial charge in [-0.05, 0) is 62.4 Å². The van der Waals surface area contributed by atoms with Gasteiger partial charge in [-0.25, -0.2) is 0 Å². The third kappa shape index (κ3) is 4.06. The van der Waals surface area contributed by atoms with Gasteiger partial charge in [0.1, 0.15) is 13.2 Å². The van der Waals surface area contributed by atoms with Gasteiger partial charge in [0.25, 0.3) is 0 Å². The number of fused-ring (bicyclic) bond motifs is 1. The van der Waals surface area contributed by atoms with Crippen molar-refractivity contribution in [3.05, 3.63) is 23.8 Å². The van der Waals surface area contributed by atoms with Crippen LogP contribution in [-0.4, -0.2) is 55.4 Å². The number of nitrogens with one attached hydrogen (secondary N) is 1. The van der Waals surface area contributed by atoms with Crippen LogP contribution in [0, 0.1) is 5.92 Å². The first-order valence-corrected chi connectivity index (χ1v) is 10.2. The topological polar surface area (TPSA) is 71.0 Å². The van der Waals surface area contributed by atoms with Crippen LogP contribution in [0.2, 0.25) is 0 Å². The van der Waals surface area contributed by atoms with Gasteiger partial charge in [-0.1, -0.05) is 18.9 Å². The Bertz CT molecular complexity index is 664. The lowest BCUT2D eigenvalue weighted by Gasteiger charge is -2.35. The molecule has 0 unspecified atom stereocenters. The van der Waals surface area contributed by atoms with E-state index in [1.54, 1.807) is 0 Å². The number of benzene rings is 1. The molecule has 2 aliphatic heterocycles. The Morgan fingerprint density at radius 2 is 1.85 bits per heavy atom. The van der Waals surface area contributed by atoms with Crippen molar-refractivity contribution in [2.45, 2.75) is 44.1 Å². The molecule has 0 radical (unpaired) electrons. The highest BCUT2D eigenvalue weighted by Crippen LogP contribution is 2.42. The fraction of sp³-hybridized carbons (Fsp3) is 0.667. The summed E-state index contributed by atoms with van der Waals surface area (Å²) < 4.78 is 11.4. The molecule has 1 saturated heterocycles. The van der Waals surface area contributed by atoms with Gasteiger partial charge in [-0.15, -0.1) is 0 Å². The molecular formula is C21H30N2O4. The maximum atomic E-state index is 12.8. The van der Waals surface area contributed by atoms with Crippen molar-refractivity contribution in [1.82, 2.24) is 10.2 Å². The summed E-state index contributed by atoms with van der Waals surface area (Å²) in [6.45, 7) is 3.61. The Balaban J connectivity index is 1.44. The van der Waals surface area contributed by atoms with Crippen LogP contribution in [0.25, 0.3) is 0 Å². The van der Waals surface area contributed by atoms with Crippen LogP contribution in [0.15, 0.2) is 18.2 Å². The minimum atomic E-state index is -0.295. The smallest absolute Gasteiger partial charge is 0.234 e. The number of carbonyl (C=O) groups excluding carboxylic acids is 1. The van der Waals surface area contributed by atoms with E-state index in [1.165, 1.54) is 0 Å². The van der Waals surface area contributed by atoms with E-state index in [1.807, 2.05) is 12.1 Å². The molecule has 1 aromatic rings. The molecule has 6 heteroatoms. The molecule has 6 nitrogen and oxygen atoms in total. The zero-order valence-corrected chi connectivity index (χ0v) is 15.9. The zero-order chi connectivity index (χ0) is 18.7. The second-order valence-corrected chi connectivity index (χ2v) is 8.10. The summed E-state index contributed by atoms with van der Waals surface area (Å²) in [5.74, 6) is 2.05. The Morgan fingerprint density at radius 3 is 2.56 bits per heavy atom. The zero-order valence-electron chi connectivity index (χ0n) is 15.9. The van der Waals surface area contributed by atoms with E-state index in [2.05, 4.69) is 16.3 Å². The van der Waals surface area contributed by atoms with Crippen molar-refractivity contribution in [3.8, 4) is 11.5 Å². The molecule has 1 aliphatic carbocycles. The van der Waals surface area contributed by atoms with Gasteiger partial charge in [-0.2, -0.15) is 0 Å². The van der Waals surface area contributed by atoms with Crippen LogP contribution in [0.3, 0.4) is 0 Å². The summed E-state index contributed by atoms with van der Waals surface area (Å²) in [5.41, 5.74) is 0.827. The molecule has 0 spiro atoms. The molecular weight excluding hydrogens is 344 g/mol. The molecule has 27 heavy (non-hydrogen) atoms. The van der Waals surface area contributed by atoms with Crippen LogP contribution in [0.4, 0.5) is 0 Å². The summed E-state index contributed by atoms with van der Waals surface area (Å²) >= 11 is 0. The van der Waals surface area contributed by atoms with Crippen LogP contribution in [0.1, 0.15) is 44.1 Å². The van der Waals surface area contributed by atoms with E-state index in [4.69, 9.17) is 9.47 Å². The number of nitrogens with zero attached hydrogens (tertiary/aromatic N) is 1. The first kappa shape index (κ1) is 18.6. The van der Waals surface area contributed by atoms with Gasteiger partial charge in [-0.3, -0.25) is 9.69 Å². The average Bonchev–Trinajstić information content (AvgIpc) is 3.17. The fourth-order valence-electron chi connectivity index (χ4n) is 4.64. The molecule has 1 aromatic carbocycles. The van der Waals surface area contributed by atoms with Crippen molar-refractivity contribution in [1.29, 1.82) is 0 Å². The highest BCUT2D eigenvalue weighted by Gasteiger charge is 2.38. The summed E-state index contributed by atoms with van der Waals surface area (Å²) in [6.07, 6.45) is 6.11. The summed E-state index contributed by atoms with van der Waals surface area (Å²) in [5, 5.41) is 12.6. The van der Waals surface area contributed by atoms with Crippen molar-refractivity contribution in [2.75, 3.05) is 39.5 Å². The molecule has 2 heterocycles. The number of hydrogen-bond donors (Lipinski definition) is 2. The van der Waals surface area contributed by atoms with E-state index in [0.717, 1.165) is 68.7 Å². The Hall–Kier alpha value is -1.79. The van der Waals surface area contributed by atoms with E-state index in [9.17, 15) is 9.90 Å². The number of aliphatic hydroxyl groups is 1. The van der Waals surface area contributed by atoms with E-state index in [0.29, 0.717) is 25.7 Å². The molecule has 0 aromatic heterocycles. The molecule has 2 fully saturated rings. The van der Waals surface area contributed by atoms with Gasteiger partial charge in [0, 0.05) is 6.61 Å². The largest absolute Gasteiger partial charge is 0.486 e. The monoisotopic (exact) mass is 374 g/mol. The molecule has 0 bridgehead atoms. The Kier molecular flexibility index (Phi) is 5.55. The third-order valence-corrected chi connectivity index (χ3v) is 6.26. The minimum Gasteiger partial charge on any atom is -0.486 e. The van der Waals surface area contributed by atoms with Crippen LogP contribution < -0.4 is 14.8 Å². The molecule has 3 aliphatic rings. The number of amides is 1. The van der Waals surface area contributed by atoms with E-state index >= 15 is 0 Å². The molecule has 2 N–H and O–H groups in total. The maximum absolute atomic E-state index is 12.8. The second-order valence-electron chi connectivity index (χ2n) is 8.10. The quantitative estimate of drug-likeness (QED) is 0.825. The normalized spacial score (nSPS) is 22.6. The Labute approximate surface area is 160 Å². The van der Waals surface area contributed by atoms with E-state index in [-0.39, 0.29) is 18.1 Å². The van der Waals surface area contributed by atoms with Gasteiger partial charge in [0.05, 0.1) is 12.1 Å². The predicted octanol–water partition coefficient (Wildman–Crippen LogP) is 2.05. The predicted molar refractivity (Wildman–Crippen MR) is 102 cm³/mol. The number of carbonyl (C=O) groups is 1. The summed E-state index contributed by atoms with van der Waals surface area (Å²) in [6, 6.07) is 6.09. The number of aliphatic hydroxyl groups excluding tert-OH is 1. The highest BCUT2D eigenvalue weighted by atomic mass is 16.6. The van der Waals surface area contributed by atoms with E-state index < -0.39 is 0 Å². The first-order valence-electron chi connectivity index (χ1n) is 10.2. The average molecular weight is 374 g/mol. The number of hydrogen-bond acceptors (Lipinski definition) is 5. The van der Waals surface area contributed by atoms with Gasteiger partial charge < -0.3 is 19.9 Å². The minimum absolute atomic E-state index is 0.0919. The van der Waals surface area contributed by atoms with Crippen molar-refractivity contribution < 1.29 is 19.4 Å². The number of likely N-dealkylation sites (tertiary alicyclic amines) is 1.